The zero-order valence-corrected chi connectivity index (χ0v) is 12.3. The Morgan fingerprint density at radius 3 is 2.80 bits per heavy atom. The van der Waals surface area contributed by atoms with Gasteiger partial charge in [0.15, 0.2) is 0 Å². The standard InChI is InChI=1S/C15H19N3O2/c1-9-7-18(8-13(9)15(19)20-4)14-5-10(2)17-11(3)12(14)6-16/h5,9,13H,7-8H2,1-4H3. The minimum absolute atomic E-state index is 0.139. The minimum atomic E-state index is -0.180. The third-order valence-corrected chi connectivity index (χ3v) is 3.88. The van der Waals surface area contributed by atoms with E-state index in [0.29, 0.717) is 12.1 Å². The van der Waals surface area contributed by atoms with E-state index in [9.17, 15) is 10.1 Å². The summed E-state index contributed by atoms with van der Waals surface area (Å²) in [6, 6.07) is 4.14. The molecule has 20 heavy (non-hydrogen) atoms. The second kappa shape index (κ2) is 5.49. The van der Waals surface area contributed by atoms with Crippen molar-refractivity contribution in [1.82, 2.24) is 4.98 Å². The summed E-state index contributed by atoms with van der Waals surface area (Å²) in [5.41, 5.74) is 3.08. The SMILES string of the molecule is COC(=O)C1CN(c2cc(C)nc(C)c2C#N)CC1C. The molecule has 2 atom stereocenters. The number of pyridine rings is 1. The quantitative estimate of drug-likeness (QED) is 0.769. The predicted octanol–water partition coefficient (Wildman–Crippen LogP) is 1.82. The van der Waals surface area contributed by atoms with Crippen molar-refractivity contribution < 1.29 is 9.53 Å². The van der Waals surface area contributed by atoms with Crippen LogP contribution in [0.25, 0.3) is 0 Å². The highest BCUT2D eigenvalue weighted by atomic mass is 16.5. The second-order valence-corrected chi connectivity index (χ2v) is 5.37. The number of carbonyl (C=O) groups excluding carboxylic acids is 1. The first-order valence-corrected chi connectivity index (χ1v) is 6.69. The van der Waals surface area contributed by atoms with Crippen LogP contribution in [0.15, 0.2) is 6.07 Å². The summed E-state index contributed by atoms with van der Waals surface area (Å²) in [5.74, 6) is -0.107. The van der Waals surface area contributed by atoms with Crippen molar-refractivity contribution in [3.8, 4) is 6.07 Å². The van der Waals surface area contributed by atoms with Crippen molar-refractivity contribution in [3.05, 3.63) is 23.0 Å². The lowest BCUT2D eigenvalue weighted by Crippen LogP contribution is -2.25. The van der Waals surface area contributed by atoms with Crippen LogP contribution in [0.3, 0.4) is 0 Å². The lowest BCUT2D eigenvalue weighted by atomic mass is 9.99. The van der Waals surface area contributed by atoms with Crippen LogP contribution < -0.4 is 4.90 Å². The van der Waals surface area contributed by atoms with E-state index in [-0.39, 0.29) is 17.8 Å². The number of hydrogen-bond acceptors (Lipinski definition) is 5. The average Bonchev–Trinajstić information content (AvgIpc) is 2.79. The van der Waals surface area contributed by atoms with Gasteiger partial charge in [-0.05, 0) is 25.8 Å². The van der Waals surface area contributed by atoms with E-state index < -0.39 is 0 Å². The van der Waals surface area contributed by atoms with E-state index in [1.54, 1.807) is 0 Å². The number of aryl methyl sites for hydroxylation is 2. The number of hydrogen-bond donors (Lipinski definition) is 0. The van der Waals surface area contributed by atoms with Gasteiger partial charge in [0.25, 0.3) is 0 Å². The van der Waals surface area contributed by atoms with Crippen LogP contribution in [-0.4, -0.2) is 31.2 Å². The Kier molecular flexibility index (Phi) is 3.93. The van der Waals surface area contributed by atoms with E-state index in [0.717, 1.165) is 23.6 Å². The highest BCUT2D eigenvalue weighted by molar-refractivity contribution is 5.75. The van der Waals surface area contributed by atoms with Crippen LogP contribution in [0, 0.1) is 37.0 Å². The highest BCUT2D eigenvalue weighted by Gasteiger charge is 2.36. The van der Waals surface area contributed by atoms with Crippen LogP contribution in [0.1, 0.15) is 23.9 Å². The molecule has 0 bridgehead atoms. The van der Waals surface area contributed by atoms with Crippen LogP contribution in [-0.2, 0) is 9.53 Å². The number of rotatable bonds is 2. The van der Waals surface area contributed by atoms with Crippen LogP contribution >= 0.6 is 0 Å². The molecule has 0 aromatic carbocycles. The van der Waals surface area contributed by atoms with E-state index >= 15 is 0 Å². The van der Waals surface area contributed by atoms with Gasteiger partial charge in [0.2, 0.25) is 0 Å². The van der Waals surface area contributed by atoms with Gasteiger partial charge in [0, 0.05) is 18.8 Å². The first-order chi connectivity index (χ1) is 9.47. The number of anilines is 1. The molecule has 2 heterocycles. The molecule has 1 aliphatic rings. The number of carbonyl (C=O) groups is 1. The van der Waals surface area contributed by atoms with Gasteiger partial charge in [0.05, 0.1) is 30.0 Å². The molecule has 0 N–H and O–H groups in total. The zero-order chi connectivity index (χ0) is 14.9. The number of nitriles is 1. The van der Waals surface area contributed by atoms with Crippen molar-refractivity contribution in [2.45, 2.75) is 20.8 Å². The molecule has 2 unspecified atom stereocenters. The number of ether oxygens (including phenoxy) is 1. The predicted molar refractivity (Wildman–Crippen MR) is 75.3 cm³/mol. The van der Waals surface area contributed by atoms with Crippen molar-refractivity contribution in [1.29, 1.82) is 5.26 Å². The Morgan fingerprint density at radius 1 is 1.50 bits per heavy atom. The summed E-state index contributed by atoms with van der Waals surface area (Å²) in [5, 5.41) is 9.33. The van der Waals surface area contributed by atoms with Gasteiger partial charge in [-0.3, -0.25) is 9.78 Å². The van der Waals surface area contributed by atoms with Gasteiger partial charge < -0.3 is 9.64 Å². The average molecular weight is 273 g/mol. The van der Waals surface area contributed by atoms with Crippen molar-refractivity contribution in [3.63, 3.8) is 0 Å². The molecule has 5 heteroatoms. The first kappa shape index (κ1) is 14.3. The first-order valence-electron chi connectivity index (χ1n) is 6.69. The molecule has 1 aromatic rings. The fourth-order valence-corrected chi connectivity index (χ4v) is 2.82. The maximum Gasteiger partial charge on any atom is 0.310 e. The second-order valence-electron chi connectivity index (χ2n) is 5.37. The molecule has 2 rings (SSSR count). The van der Waals surface area contributed by atoms with Gasteiger partial charge in [-0.15, -0.1) is 0 Å². The smallest absolute Gasteiger partial charge is 0.310 e. The number of nitrogens with zero attached hydrogens (tertiary/aromatic N) is 3. The summed E-state index contributed by atoms with van der Waals surface area (Å²) in [6.45, 7) is 7.12. The molecule has 1 fully saturated rings. The lowest BCUT2D eigenvalue weighted by molar-refractivity contribution is -0.145. The zero-order valence-electron chi connectivity index (χ0n) is 12.3. The van der Waals surface area contributed by atoms with E-state index in [1.807, 2.05) is 26.8 Å². The van der Waals surface area contributed by atoms with Crippen molar-refractivity contribution in [2.75, 3.05) is 25.1 Å². The van der Waals surface area contributed by atoms with Crippen LogP contribution in [0.2, 0.25) is 0 Å². The van der Waals surface area contributed by atoms with E-state index in [4.69, 9.17) is 4.74 Å². The topological polar surface area (TPSA) is 66.2 Å². The Hall–Kier alpha value is -2.09. The Labute approximate surface area is 119 Å². The normalized spacial score (nSPS) is 21.6. The number of methoxy groups -OCH3 is 1. The number of aromatic nitrogens is 1. The summed E-state index contributed by atoms with van der Waals surface area (Å²) >= 11 is 0. The summed E-state index contributed by atoms with van der Waals surface area (Å²) < 4.78 is 4.85. The van der Waals surface area contributed by atoms with Crippen molar-refractivity contribution >= 4 is 11.7 Å². The van der Waals surface area contributed by atoms with Gasteiger partial charge in [-0.2, -0.15) is 5.26 Å². The highest BCUT2D eigenvalue weighted by Crippen LogP contribution is 2.32. The molecule has 1 saturated heterocycles. The molecule has 0 amide bonds. The van der Waals surface area contributed by atoms with Gasteiger partial charge in [-0.1, -0.05) is 6.92 Å². The summed E-state index contributed by atoms with van der Waals surface area (Å²) in [4.78, 5) is 18.2. The van der Waals surface area contributed by atoms with E-state index in [2.05, 4.69) is 16.0 Å². The fraction of sp³-hybridized carbons (Fsp3) is 0.533. The number of esters is 1. The maximum atomic E-state index is 11.8. The molecule has 5 nitrogen and oxygen atoms in total. The Balaban J connectivity index is 2.35. The minimum Gasteiger partial charge on any atom is -0.469 e. The van der Waals surface area contributed by atoms with Crippen molar-refractivity contribution in [2.24, 2.45) is 11.8 Å². The van der Waals surface area contributed by atoms with Gasteiger partial charge >= 0.3 is 5.97 Å². The Bertz CT molecular complexity index is 577. The fourth-order valence-electron chi connectivity index (χ4n) is 2.82. The monoisotopic (exact) mass is 273 g/mol. The molecule has 0 spiro atoms. The lowest BCUT2D eigenvalue weighted by Gasteiger charge is -2.21. The molecule has 0 aliphatic carbocycles. The third kappa shape index (κ3) is 2.46. The van der Waals surface area contributed by atoms with E-state index in [1.165, 1.54) is 7.11 Å². The summed E-state index contributed by atoms with van der Waals surface area (Å²) in [7, 11) is 1.42. The third-order valence-electron chi connectivity index (χ3n) is 3.88. The van der Waals surface area contributed by atoms with Crippen LogP contribution in [0.5, 0.6) is 0 Å². The summed E-state index contributed by atoms with van der Waals surface area (Å²) in [6.07, 6.45) is 0. The molecular formula is C15H19N3O2. The molecular weight excluding hydrogens is 254 g/mol. The molecule has 0 saturated carbocycles. The molecule has 106 valence electrons. The molecule has 1 aromatic heterocycles. The molecule has 1 aliphatic heterocycles. The largest absolute Gasteiger partial charge is 0.469 e. The Morgan fingerprint density at radius 2 is 2.20 bits per heavy atom. The van der Waals surface area contributed by atoms with Gasteiger partial charge in [0.1, 0.15) is 6.07 Å². The maximum absolute atomic E-state index is 11.8. The van der Waals surface area contributed by atoms with Crippen LogP contribution in [0.4, 0.5) is 5.69 Å². The van der Waals surface area contributed by atoms with Gasteiger partial charge in [-0.25, -0.2) is 0 Å². The molecule has 0 radical (unpaired) electrons.